The molecule has 1 rings (SSSR count). The average Bonchev–Trinajstić information content (AvgIpc) is 2.15. The van der Waals surface area contributed by atoms with Crippen LogP contribution in [-0.2, 0) is 10.1 Å². The van der Waals surface area contributed by atoms with Gasteiger partial charge in [0.15, 0.2) is 0 Å². The molecule has 1 aromatic carbocycles. The van der Waals surface area contributed by atoms with Crippen molar-refractivity contribution in [2.24, 2.45) is 0 Å². The number of carbonyl (C=O) groups is 2. The number of hydrogen-bond acceptors (Lipinski definition) is 4. The van der Waals surface area contributed by atoms with Crippen LogP contribution in [0.1, 0.15) is 20.7 Å². The molecule has 88 valence electrons. The van der Waals surface area contributed by atoms with Gasteiger partial charge in [0.1, 0.15) is 0 Å². The zero-order valence-corrected chi connectivity index (χ0v) is 8.43. The Morgan fingerprint density at radius 3 is 1.82 bits per heavy atom. The molecule has 0 saturated heterocycles. The summed E-state index contributed by atoms with van der Waals surface area (Å²) in [6.07, 6.45) is 0. The Bertz CT molecular complexity index is 563. The van der Waals surface area contributed by atoms with Crippen LogP contribution in [0.2, 0.25) is 0 Å². The van der Waals surface area contributed by atoms with Gasteiger partial charge in [0, 0.05) is 0 Å². The second-order valence-electron chi connectivity index (χ2n) is 2.79. The summed E-state index contributed by atoms with van der Waals surface area (Å²) in [4.78, 5) is 20.6. The van der Waals surface area contributed by atoms with Crippen LogP contribution in [-0.4, -0.2) is 86.5 Å². The molecule has 0 spiro atoms. The summed E-state index contributed by atoms with van der Waals surface area (Å²) in [5.74, 6) is -3.10. The van der Waals surface area contributed by atoms with Gasteiger partial charge in [-0.05, 0) is 18.2 Å². The quantitative estimate of drug-likeness (QED) is 0.513. The van der Waals surface area contributed by atoms with E-state index >= 15 is 0 Å². The van der Waals surface area contributed by atoms with E-state index in [9.17, 15) is 18.0 Å². The van der Waals surface area contributed by atoms with Crippen LogP contribution in [0.15, 0.2) is 23.1 Å². The molecular weight excluding hydrogens is 279 g/mol. The van der Waals surface area contributed by atoms with Crippen LogP contribution in [0.25, 0.3) is 0 Å². The molecule has 7 nitrogen and oxygen atoms in total. The van der Waals surface area contributed by atoms with Gasteiger partial charge in [-0.2, -0.15) is 8.42 Å². The first-order valence-corrected chi connectivity index (χ1v) is 5.25. The second-order valence-corrected chi connectivity index (χ2v) is 4.21. The van der Waals surface area contributed by atoms with Crippen molar-refractivity contribution < 1.29 is 32.8 Å². The molecule has 0 aliphatic heterocycles. The number of carboxylic acid groups (broad SMARTS) is 2. The second kappa shape index (κ2) is 6.04. The van der Waals surface area contributed by atoms with Crippen LogP contribution in [0.4, 0.5) is 0 Å². The molecule has 0 aromatic heterocycles. The summed E-state index contributed by atoms with van der Waals surface area (Å²) in [5, 5.41) is 17.3. The fraction of sp³-hybridized carbons (Fsp3) is 0. The predicted molar refractivity (Wildman–Crippen MR) is 57.3 cm³/mol. The number of rotatable bonds is 3. The molecule has 17 heavy (non-hydrogen) atoms. The zero-order chi connectivity index (χ0) is 12.5. The minimum atomic E-state index is -4.56. The van der Waals surface area contributed by atoms with Gasteiger partial charge < -0.3 is 10.2 Å². The summed E-state index contributed by atoms with van der Waals surface area (Å²) in [5.41, 5.74) is -1.26. The first-order valence-electron chi connectivity index (χ1n) is 3.81. The summed E-state index contributed by atoms with van der Waals surface area (Å²) < 4.78 is 30.1. The van der Waals surface area contributed by atoms with E-state index in [1.165, 1.54) is 0 Å². The standard InChI is InChI=1S/C8H6O7S.K.H/c9-7(10)5-2-1-4(16(13,14)15)3-6(5)8(11)12;;/h1-3H,(H,9,10)(H,11,12)(H,13,14,15);;. The van der Waals surface area contributed by atoms with Crippen molar-refractivity contribution in [3.05, 3.63) is 29.3 Å². The molecule has 0 fully saturated rings. The molecular formula is C8H7KO7S. The van der Waals surface area contributed by atoms with Gasteiger partial charge in [-0.15, -0.1) is 0 Å². The first kappa shape index (κ1) is 16.7. The van der Waals surface area contributed by atoms with Gasteiger partial charge in [-0.25, -0.2) is 9.59 Å². The van der Waals surface area contributed by atoms with E-state index in [0.717, 1.165) is 12.1 Å². The third kappa shape index (κ3) is 4.14. The van der Waals surface area contributed by atoms with Gasteiger partial charge in [0.05, 0.1) is 16.0 Å². The maximum absolute atomic E-state index is 10.7. The molecule has 0 amide bonds. The molecule has 0 radical (unpaired) electrons. The monoisotopic (exact) mass is 286 g/mol. The van der Waals surface area contributed by atoms with Crippen molar-refractivity contribution in [3.8, 4) is 0 Å². The zero-order valence-electron chi connectivity index (χ0n) is 7.61. The first-order chi connectivity index (χ1) is 7.23. The molecule has 0 atom stereocenters. The van der Waals surface area contributed by atoms with E-state index in [1.807, 2.05) is 0 Å². The van der Waals surface area contributed by atoms with Crippen LogP contribution < -0.4 is 0 Å². The summed E-state index contributed by atoms with van der Waals surface area (Å²) in [7, 11) is -4.56. The van der Waals surface area contributed by atoms with Gasteiger partial charge >= 0.3 is 63.3 Å². The van der Waals surface area contributed by atoms with Crippen molar-refractivity contribution in [1.82, 2.24) is 0 Å². The van der Waals surface area contributed by atoms with Crippen molar-refractivity contribution in [2.75, 3.05) is 0 Å². The van der Waals surface area contributed by atoms with Crippen molar-refractivity contribution in [1.29, 1.82) is 0 Å². The Balaban J connectivity index is 0.00000256. The van der Waals surface area contributed by atoms with Gasteiger partial charge in [-0.1, -0.05) is 0 Å². The van der Waals surface area contributed by atoms with Crippen LogP contribution in [0.5, 0.6) is 0 Å². The Kier molecular flexibility index (Phi) is 5.94. The SMILES string of the molecule is O=C(O)c1ccc(S(=O)(=O)O)cc1C(=O)O.[KH]. The van der Waals surface area contributed by atoms with E-state index < -0.39 is 38.1 Å². The van der Waals surface area contributed by atoms with Crippen molar-refractivity contribution >= 4 is 73.4 Å². The number of aromatic carboxylic acids is 2. The third-order valence-electron chi connectivity index (χ3n) is 1.75. The molecule has 1 aromatic rings. The fourth-order valence-corrected chi connectivity index (χ4v) is 1.55. The van der Waals surface area contributed by atoms with E-state index in [4.69, 9.17) is 14.8 Å². The maximum atomic E-state index is 10.7. The summed E-state index contributed by atoms with van der Waals surface area (Å²) >= 11 is 0. The molecule has 0 bridgehead atoms. The van der Waals surface area contributed by atoms with Crippen molar-refractivity contribution in [2.45, 2.75) is 4.90 Å². The van der Waals surface area contributed by atoms with E-state index in [1.54, 1.807) is 0 Å². The summed E-state index contributed by atoms with van der Waals surface area (Å²) in [6, 6.07) is 2.20. The number of benzene rings is 1. The normalized spacial score (nSPS) is 10.4. The Hall–Kier alpha value is -0.294. The minimum absolute atomic E-state index is 0. The topological polar surface area (TPSA) is 129 Å². The van der Waals surface area contributed by atoms with Crippen LogP contribution in [0, 0.1) is 0 Å². The average molecular weight is 286 g/mol. The van der Waals surface area contributed by atoms with E-state index in [-0.39, 0.29) is 51.4 Å². The fourth-order valence-electron chi connectivity index (χ4n) is 1.05. The molecule has 0 unspecified atom stereocenters. The molecule has 0 aliphatic carbocycles. The van der Waals surface area contributed by atoms with Crippen LogP contribution >= 0.6 is 0 Å². The van der Waals surface area contributed by atoms with E-state index in [2.05, 4.69) is 0 Å². The van der Waals surface area contributed by atoms with E-state index in [0.29, 0.717) is 6.07 Å². The molecule has 9 heteroatoms. The number of hydrogen-bond donors (Lipinski definition) is 3. The third-order valence-corrected chi connectivity index (χ3v) is 2.60. The van der Waals surface area contributed by atoms with Gasteiger partial charge in [0.2, 0.25) is 0 Å². The Labute approximate surface area is 139 Å². The number of carboxylic acids is 2. The van der Waals surface area contributed by atoms with Crippen LogP contribution in [0.3, 0.4) is 0 Å². The molecule has 0 aliphatic rings. The predicted octanol–water partition coefficient (Wildman–Crippen LogP) is -0.319. The summed E-state index contributed by atoms with van der Waals surface area (Å²) in [6.45, 7) is 0. The van der Waals surface area contributed by atoms with Gasteiger partial charge in [-0.3, -0.25) is 4.55 Å². The molecule has 0 saturated carbocycles. The molecule has 3 N–H and O–H groups in total. The molecule has 0 heterocycles. The Morgan fingerprint density at radius 2 is 1.47 bits per heavy atom. The van der Waals surface area contributed by atoms with Crippen molar-refractivity contribution in [3.63, 3.8) is 0 Å². The Morgan fingerprint density at radius 1 is 1.00 bits per heavy atom. The van der Waals surface area contributed by atoms with Gasteiger partial charge in [0.25, 0.3) is 10.1 Å².